The van der Waals surface area contributed by atoms with Crippen molar-refractivity contribution in [2.45, 2.75) is 32.8 Å². The number of ether oxygens (including phenoxy) is 3. The Morgan fingerprint density at radius 2 is 1.88 bits per heavy atom. The van der Waals surface area contributed by atoms with Crippen molar-refractivity contribution in [3.05, 3.63) is 51.7 Å². The molecule has 0 saturated heterocycles. The lowest BCUT2D eigenvalue weighted by Crippen LogP contribution is -2.24. The van der Waals surface area contributed by atoms with E-state index in [-0.39, 0.29) is 18.7 Å². The van der Waals surface area contributed by atoms with Crippen LogP contribution in [0.3, 0.4) is 0 Å². The van der Waals surface area contributed by atoms with Crippen molar-refractivity contribution in [1.29, 1.82) is 0 Å². The first-order valence-electron chi connectivity index (χ1n) is 10.8. The van der Waals surface area contributed by atoms with Crippen LogP contribution in [0, 0.1) is 0 Å². The van der Waals surface area contributed by atoms with Gasteiger partial charge in [0, 0.05) is 35.4 Å². The fraction of sp³-hybridized carbons (Fsp3) is 0.320. The molecule has 0 fully saturated rings. The molecule has 32 heavy (non-hydrogen) atoms. The van der Waals surface area contributed by atoms with Crippen LogP contribution in [0.2, 0.25) is 0 Å². The molecular weight excluding hydrogens is 408 g/mol. The lowest BCUT2D eigenvalue weighted by molar-refractivity contribution is 0.0517. The Hall–Kier alpha value is -3.45. The van der Waals surface area contributed by atoms with Gasteiger partial charge in [0.15, 0.2) is 0 Å². The monoisotopic (exact) mass is 432 g/mol. The molecule has 1 aromatic heterocycles. The standard InChI is InChI=1S/C25H24N2O5/c1-4-31-24(28)13-6-8-19-15(10-13)17-12-18-16-11-14(30-3)7-9-20(16)27-23(18)21(22(17)26-19)25(29)32-5-2/h6,8-10,12,14,27H,4-5,7,11H2,1-3H3. The van der Waals surface area contributed by atoms with Gasteiger partial charge in [-0.05, 0) is 50.1 Å². The molecule has 0 amide bonds. The Balaban J connectivity index is 1.77. The smallest absolute Gasteiger partial charge is 0.342 e. The molecule has 1 unspecified atom stereocenters. The highest BCUT2D eigenvalue weighted by Crippen LogP contribution is 2.37. The van der Waals surface area contributed by atoms with E-state index in [0.29, 0.717) is 28.8 Å². The third kappa shape index (κ3) is 3.12. The first kappa shape index (κ1) is 20.5. The van der Waals surface area contributed by atoms with Gasteiger partial charge in [0.2, 0.25) is 0 Å². The maximum Gasteiger partial charge on any atom is 0.342 e. The summed E-state index contributed by atoms with van der Waals surface area (Å²) in [6.45, 7) is 4.13. The Morgan fingerprint density at radius 3 is 2.62 bits per heavy atom. The summed E-state index contributed by atoms with van der Waals surface area (Å²) in [5, 5.41) is 2.52. The van der Waals surface area contributed by atoms with Crippen molar-refractivity contribution in [1.82, 2.24) is 4.98 Å². The summed E-state index contributed by atoms with van der Waals surface area (Å²) < 4.78 is 16.1. The van der Waals surface area contributed by atoms with Crippen LogP contribution in [-0.2, 0) is 20.6 Å². The summed E-state index contributed by atoms with van der Waals surface area (Å²) >= 11 is 0. The average molecular weight is 432 g/mol. The summed E-state index contributed by atoms with van der Waals surface area (Å²) in [5.74, 6) is -0.801. The topological polar surface area (TPSA) is 90.0 Å². The van der Waals surface area contributed by atoms with Gasteiger partial charge in [-0.15, -0.1) is 0 Å². The van der Waals surface area contributed by atoms with Gasteiger partial charge in [-0.3, -0.25) is 0 Å². The number of fused-ring (bicyclic) bond motifs is 6. The van der Waals surface area contributed by atoms with E-state index in [2.05, 4.69) is 17.1 Å². The van der Waals surface area contributed by atoms with Gasteiger partial charge in [-0.25, -0.2) is 14.6 Å². The molecular formula is C25H24N2O5. The molecule has 0 spiro atoms. The molecule has 0 radical (unpaired) electrons. The second-order valence-corrected chi connectivity index (χ2v) is 7.87. The Bertz CT molecular complexity index is 1390. The van der Waals surface area contributed by atoms with Gasteiger partial charge in [-0.1, -0.05) is 6.08 Å². The van der Waals surface area contributed by atoms with E-state index >= 15 is 0 Å². The van der Waals surface area contributed by atoms with Crippen molar-refractivity contribution in [3.63, 3.8) is 0 Å². The van der Waals surface area contributed by atoms with Crippen LogP contribution in [0.1, 0.15) is 46.5 Å². The molecule has 0 saturated carbocycles. The maximum absolute atomic E-state index is 13.1. The van der Waals surface area contributed by atoms with Crippen molar-refractivity contribution < 1.29 is 23.8 Å². The van der Waals surface area contributed by atoms with Crippen LogP contribution in [0.4, 0.5) is 5.69 Å². The third-order valence-electron chi connectivity index (χ3n) is 6.07. The minimum absolute atomic E-state index is 0.0909. The molecule has 164 valence electrons. The highest BCUT2D eigenvalue weighted by Gasteiger charge is 2.28. The molecule has 1 atom stereocenters. The number of nitrogens with zero attached hydrogens (tertiary/aromatic N) is 1. The first-order valence-corrected chi connectivity index (χ1v) is 10.8. The molecule has 2 aromatic carbocycles. The molecule has 1 N–H and O–H groups in total. The van der Waals surface area contributed by atoms with Crippen LogP contribution < -0.4 is 10.7 Å². The van der Waals surface area contributed by atoms with Crippen LogP contribution >= 0.6 is 0 Å². The summed E-state index contributed by atoms with van der Waals surface area (Å²) in [6, 6.07) is 7.32. The highest BCUT2D eigenvalue weighted by atomic mass is 16.5. The molecule has 5 rings (SSSR count). The van der Waals surface area contributed by atoms with Gasteiger partial charge in [0.25, 0.3) is 0 Å². The number of carbonyl (C=O) groups is 2. The fourth-order valence-corrected chi connectivity index (χ4v) is 4.56. The zero-order valence-electron chi connectivity index (χ0n) is 18.3. The zero-order chi connectivity index (χ0) is 22.4. The number of esters is 2. The van der Waals surface area contributed by atoms with Gasteiger partial charge < -0.3 is 19.2 Å². The van der Waals surface area contributed by atoms with Crippen molar-refractivity contribution >= 4 is 34.6 Å². The SMILES string of the molecule is CCOC(=O)c1ccc2c(c1)-c1cc3c4c([nH]c3c(C(=O)OCC)c1=N2)=CCC(OC)C4. The van der Waals surface area contributed by atoms with E-state index in [1.807, 2.05) is 0 Å². The molecule has 7 heteroatoms. The molecule has 2 aliphatic rings. The number of hydrogen-bond acceptors (Lipinski definition) is 6. The van der Waals surface area contributed by atoms with Gasteiger partial charge in [0.05, 0.1) is 41.4 Å². The Labute approximate surface area is 184 Å². The van der Waals surface area contributed by atoms with Crippen molar-refractivity contribution in [3.8, 4) is 11.1 Å². The van der Waals surface area contributed by atoms with Gasteiger partial charge in [-0.2, -0.15) is 0 Å². The molecule has 0 bridgehead atoms. The number of nitrogens with one attached hydrogen (secondary N) is 1. The molecule has 1 aliphatic heterocycles. The van der Waals surface area contributed by atoms with Gasteiger partial charge in [0.1, 0.15) is 5.56 Å². The van der Waals surface area contributed by atoms with Crippen molar-refractivity contribution in [2.24, 2.45) is 4.99 Å². The van der Waals surface area contributed by atoms with Crippen LogP contribution in [0.15, 0.2) is 29.3 Å². The van der Waals surface area contributed by atoms with E-state index in [0.717, 1.165) is 45.8 Å². The van der Waals surface area contributed by atoms with E-state index in [9.17, 15) is 9.59 Å². The Kier molecular flexibility index (Phi) is 5.06. The number of aromatic amines is 1. The Morgan fingerprint density at radius 1 is 1.09 bits per heavy atom. The second-order valence-electron chi connectivity index (χ2n) is 7.87. The highest BCUT2D eigenvalue weighted by molar-refractivity contribution is 6.07. The first-order chi connectivity index (χ1) is 15.5. The largest absolute Gasteiger partial charge is 0.462 e. The quantitative estimate of drug-likeness (QED) is 0.489. The van der Waals surface area contributed by atoms with Crippen molar-refractivity contribution in [2.75, 3.05) is 20.3 Å². The zero-order valence-corrected chi connectivity index (χ0v) is 18.3. The third-order valence-corrected chi connectivity index (χ3v) is 6.07. The lowest BCUT2D eigenvalue weighted by atomic mass is 9.94. The number of methoxy groups -OCH3 is 1. The molecule has 1 aliphatic carbocycles. The van der Waals surface area contributed by atoms with E-state index in [1.54, 1.807) is 39.2 Å². The van der Waals surface area contributed by atoms with Gasteiger partial charge >= 0.3 is 11.9 Å². The minimum Gasteiger partial charge on any atom is -0.462 e. The summed E-state index contributed by atoms with van der Waals surface area (Å²) in [4.78, 5) is 33.5. The van der Waals surface area contributed by atoms with Crippen LogP contribution in [0.25, 0.3) is 28.1 Å². The normalized spacial score (nSPS) is 15.9. The number of carbonyl (C=O) groups excluding carboxylic acids is 2. The molecule has 3 aromatic rings. The predicted molar refractivity (Wildman–Crippen MR) is 120 cm³/mol. The van der Waals surface area contributed by atoms with E-state index < -0.39 is 5.97 Å². The number of hydrogen-bond donors (Lipinski definition) is 1. The summed E-state index contributed by atoms with van der Waals surface area (Å²) in [7, 11) is 1.71. The average Bonchev–Trinajstić information content (AvgIpc) is 3.34. The maximum atomic E-state index is 13.1. The predicted octanol–water partition coefficient (Wildman–Crippen LogP) is 3.19. The number of aromatic nitrogens is 1. The fourth-order valence-electron chi connectivity index (χ4n) is 4.56. The second kappa shape index (κ2) is 7.91. The minimum atomic E-state index is -0.418. The van der Waals surface area contributed by atoms with E-state index in [1.165, 1.54) is 0 Å². The lowest BCUT2D eigenvalue weighted by Gasteiger charge is -2.16. The molecule has 2 heterocycles. The van der Waals surface area contributed by atoms with E-state index in [4.69, 9.17) is 19.2 Å². The molecule has 7 nitrogen and oxygen atoms in total. The number of rotatable bonds is 5. The number of benzene rings is 2. The summed E-state index contributed by atoms with van der Waals surface area (Å²) in [6.07, 6.45) is 3.75. The number of H-pyrrole nitrogens is 1. The summed E-state index contributed by atoms with van der Waals surface area (Å²) in [5.41, 5.74) is 5.03. The van der Waals surface area contributed by atoms with Crippen LogP contribution in [0.5, 0.6) is 0 Å². The van der Waals surface area contributed by atoms with Crippen LogP contribution in [-0.4, -0.2) is 43.4 Å².